The van der Waals surface area contributed by atoms with E-state index in [-0.39, 0.29) is 4.90 Å². The molecule has 0 aliphatic rings. The monoisotopic (exact) mass is 357 g/mol. The summed E-state index contributed by atoms with van der Waals surface area (Å²) < 4.78 is 23.0. The quantitative estimate of drug-likeness (QED) is 0.418. The summed E-state index contributed by atoms with van der Waals surface area (Å²) in [6.07, 6.45) is 5.01. The fourth-order valence-corrected chi connectivity index (χ4v) is 2.96. The van der Waals surface area contributed by atoms with Crippen molar-refractivity contribution >= 4 is 32.8 Å². The fourth-order valence-electron chi connectivity index (χ4n) is 2.40. The highest BCUT2D eigenvalue weighted by atomic mass is 32.2. The van der Waals surface area contributed by atoms with Crippen molar-refractivity contribution in [2.75, 3.05) is 5.32 Å². The van der Waals surface area contributed by atoms with Gasteiger partial charge in [0.15, 0.2) is 11.8 Å². The summed E-state index contributed by atoms with van der Waals surface area (Å²) in [5, 5.41) is 14.8. The molecule has 126 valence electrons. The van der Waals surface area contributed by atoms with Gasteiger partial charge in [0.1, 0.15) is 5.69 Å². The summed E-state index contributed by atoms with van der Waals surface area (Å²) in [5.41, 5.74) is 3.25. The van der Waals surface area contributed by atoms with Crippen molar-refractivity contribution in [2.45, 2.75) is 4.90 Å². The van der Waals surface area contributed by atoms with Crippen molar-refractivity contribution in [1.82, 2.24) is 25.1 Å². The van der Waals surface area contributed by atoms with Gasteiger partial charge in [0.2, 0.25) is 10.0 Å². The van der Waals surface area contributed by atoms with Gasteiger partial charge in [-0.15, -0.1) is 0 Å². The van der Waals surface area contributed by atoms with Crippen LogP contribution in [0.5, 0.6) is 0 Å². The Kier molecular flexibility index (Phi) is 3.44. The summed E-state index contributed by atoms with van der Waals surface area (Å²) in [6, 6.07) is 6.11. The normalized spacial score (nSPS) is 11.7. The summed E-state index contributed by atoms with van der Waals surface area (Å²) in [6.45, 7) is 0. The molecule has 0 spiro atoms. The number of primary sulfonamides is 1. The summed E-state index contributed by atoms with van der Waals surface area (Å²) in [5.74, 6) is 0.297. The number of nitrogens with zero attached hydrogens (tertiary/aromatic N) is 3. The second-order valence-corrected chi connectivity index (χ2v) is 6.80. The molecular formula is C14H13N8O2S+. The Labute approximate surface area is 141 Å². The molecule has 10 nitrogen and oxygen atoms in total. The Balaban J connectivity index is 1.78. The van der Waals surface area contributed by atoms with Crippen molar-refractivity contribution in [1.29, 1.82) is 0 Å². The Morgan fingerprint density at radius 1 is 1.24 bits per heavy atom. The van der Waals surface area contributed by atoms with Gasteiger partial charge in [-0.25, -0.2) is 18.5 Å². The Morgan fingerprint density at radius 2 is 2.12 bits per heavy atom. The minimum Gasteiger partial charge on any atom is -0.310 e. The summed E-state index contributed by atoms with van der Waals surface area (Å²) >= 11 is 0. The van der Waals surface area contributed by atoms with E-state index in [2.05, 4.69) is 35.5 Å². The zero-order valence-corrected chi connectivity index (χ0v) is 13.5. The van der Waals surface area contributed by atoms with Crippen molar-refractivity contribution in [3.8, 4) is 11.3 Å². The van der Waals surface area contributed by atoms with Gasteiger partial charge in [-0.05, 0) is 18.2 Å². The van der Waals surface area contributed by atoms with Gasteiger partial charge in [0.05, 0.1) is 11.1 Å². The second kappa shape index (κ2) is 5.65. The highest BCUT2D eigenvalue weighted by Gasteiger charge is 2.18. The minimum absolute atomic E-state index is 0.00171. The molecule has 0 aliphatic carbocycles. The first-order valence-corrected chi connectivity index (χ1v) is 8.71. The fraction of sp³-hybridized carbons (Fsp3) is 0. The number of benzene rings is 1. The van der Waals surface area contributed by atoms with Crippen molar-refractivity contribution < 1.29 is 13.4 Å². The van der Waals surface area contributed by atoms with Gasteiger partial charge < -0.3 is 5.32 Å². The topological polar surface area (TPSA) is 157 Å². The lowest BCUT2D eigenvalue weighted by atomic mass is 10.2. The van der Waals surface area contributed by atoms with E-state index in [1.807, 2.05) is 0 Å². The lowest BCUT2D eigenvalue weighted by molar-refractivity contribution is -0.347. The van der Waals surface area contributed by atoms with Crippen LogP contribution in [-0.2, 0) is 10.0 Å². The zero-order valence-electron chi connectivity index (χ0n) is 12.7. The number of aromatic amines is 3. The smallest absolute Gasteiger partial charge is 0.305 e. The largest absolute Gasteiger partial charge is 0.310 e. The predicted octanol–water partition coefficient (Wildman–Crippen LogP) is 0.553. The molecule has 25 heavy (non-hydrogen) atoms. The zero-order chi connectivity index (χ0) is 17.4. The summed E-state index contributed by atoms with van der Waals surface area (Å²) in [7, 11) is -3.79. The molecule has 11 heteroatoms. The summed E-state index contributed by atoms with van der Waals surface area (Å²) in [4.78, 5) is 14.9. The number of hydrogen-bond acceptors (Lipinski definition) is 6. The van der Waals surface area contributed by atoms with Crippen LogP contribution in [0.4, 0.5) is 11.6 Å². The number of hydrogen-bond donors (Lipinski definition) is 4. The van der Waals surface area contributed by atoms with Crippen LogP contribution in [0.15, 0.2) is 47.9 Å². The number of aromatic nitrogens is 6. The van der Waals surface area contributed by atoms with E-state index < -0.39 is 10.0 Å². The van der Waals surface area contributed by atoms with Gasteiger partial charge in [-0.1, -0.05) is 11.1 Å². The van der Waals surface area contributed by atoms with E-state index in [0.717, 1.165) is 11.1 Å². The highest BCUT2D eigenvalue weighted by Crippen LogP contribution is 2.25. The van der Waals surface area contributed by atoms with Crippen LogP contribution in [0, 0.1) is 0 Å². The lowest BCUT2D eigenvalue weighted by Gasteiger charge is -2.05. The van der Waals surface area contributed by atoms with Crippen molar-refractivity contribution in [3.05, 3.63) is 43.0 Å². The average molecular weight is 357 g/mol. The van der Waals surface area contributed by atoms with Crippen molar-refractivity contribution in [3.63, 3.8) is 0 Å². The number of rotatable bonds is 4. The highest BCUT2D eigenvalue weighted by molar-refractivity contribution is 7.89. The molecule has 3 aromatic heterocycles. The molecule has 0 saturated carbocycles. The maximum Gasteiger partial charge on any atom is 0.305 e. The molecule has 0 fully saturated rings. The maximum absolute atomic E-state index is 11.5. The number of anilines is 2. The Hall–Kier alpha value is -3.31. The predicted molar refractivity (Wildman–Crippen MR) is 89.1 cm³/mol. The molecular weight excluding hydrogens is 344 g/mol. The number of sulfonamides is 1. The van der Waals surface area contributed by atoms with E-state index in [1.54, 1.807) is 30.9 Å². The van der Waals surface area contributed by atoms with Crippen LogP contribution in [-0.4, -0.2) is 33.6 Å². The lowest BCUT2D eigenvalue weighted by Crippen LogP contribution is -2.12. The van der Waals surface area contributed by atoms with Gasteiger partial charge in [-0.3, -0.25) is 10.1 Å². The average Bonchev–Trinajstić information content (AvgIpc) is 3.25. The molecule has 4 aromatic rings. The number of fused-ring (bicyclic) bond motifs is 1. The SMILES string of the molecule is NS(=O)(=O)c1cccc(Nc2nc(-c3cn[nH]c3)c3[nH]c[nH+]c3n2)c1. The third-order valence-corrected chi connectivity index (χ3v) is 4.44. The van der Waals surface area contributed by atoms with Crippen LogP contribution in [0.25, 0.3) is 22.4 Å². The van der Waals surface area contributed by atoms with E-state index in [0.29, 0.717) is 23.0 Å². The third-order valence-electron chi connectivity index (χ3n) is 3.52. The number of nitrogens with two attached hydrogens (primary N) is 1. The van der Waals surface area contributed by atoms with E-state index >= 15 is 0 Å². The molecule has 0 atom stereocenters. The molecule has 4 rings (SSSR count). The van der Waals surface area contributed by atoms with Crippen LogP contribution in [0.1, 0.15) is 0 Å². The molecule has 1 aromatic carbocycles. The molecule has 0 aliphatic heterocycles. The maximum atomic E-state index is 11.5. The van der Waals surface area contributed by atoms with Gasteiger partial charge >= 0.3 is 11.6 Å². The van der Waals surface area contributed by atoms with Crippen molar-refractivity contribution in [2.24, 2.45) is 5.14 Å². The first-order chi connectivity index (χ1) is 12.0. The van der Waals surface area contributed by atoms with Crippen LogP contribution < -0.4 is 15.4 Å². The number of H-pyrrole nitrogens is 3. The molecule has 6 N–H and O–H groups in total. The molecule has 0 bridgehead atoms. The van der Waals surface area contributed by atoms with E-state index in [9.17, 15) is 8.42 Å². The first kappa shape index (κ1) is 15.2. The molecule has 0 unspecified atom stereocenters. The Bertz CT molecular complexity index is 1150. The van der Waals surface area contributed by atoms with Crippen LogP contribution >= 0.6 is 0 Å². The van der Waals surface area contributed by atoms with Gasteiger partial charge in [-0.2, -0.15) is 10.1 Å². The molecule has 3 heterocycles. The molecule has 0 radical (unpaired) electrons. The third kappa shape index (κ3) is 2.93. The van der Waals surface area contributed by atoms with Crippen LogP contribution in [0.3, 0.4) is 0 Å². The molecule has 0 amide bonds. The standard InChI is InChI=1S/C14H12N8O2S/c15-25(23,24)10-3-1-2-9(4-10)20-14-21-11(8-5-18-19-6-8)12-13(22-14)17-7-16-12/h1-7H,(H,18,19)(H2,15,23,24)(H2,16,17,20,21,22)/p+1. The van der Waals surface area contributed by atoms with Crippen LogP contribution in [0.2, 0.25) is 0 Å². The second-order valence-electron chi connectivity index (χ2n) is 5.24. The van der Waals surface area contributed by atoms with E-state index in [1.165, 1.54) is 12.1 Å². The Morgan fingerprint density at radius 3 is 2.88 bits per heavy atom. The minimum atomic E-state index is -3.79. The molecule has 0 saturated heterocycles. The van der Waals surface area contributed by atoms with Gasteiger partial charge in [0, 0.05) is 17.4 Å². The van der Waals surface area contributed by atoms with Gasteiger partial charge in [0.25, 0.3) is 0 Å². The van der Waals surface area contributed by atoms with E-state index in [4.69, 9.17) is 5.14 Å². The number of nitrogens with one attached hydrogen (secondary N) is 4. The first-order valence-electron chi connectivity index (χ1n) is 7.16. The number of imidazole rings is 1.